The second-order valence-electron chi connectivity index (χ2n) is 5.84. The number of aromatic nitrogens is 1. The third kappa shape index (κ3) is 3.46. The number of aryl methyl sites for hydroxylation is 1. The molecule has 0 saturated carbocycles. The van der Waals surface area contributed by atoms with E-state index in [1.54, 1.807) is 0 Å². The maximum Gasteiger partial charge on any atom is 0.433 e. The van der Waals surface area contributed by atoms with Gasteiger partial charge in [0, 0.05) is 12.2 Å². The first-order valence-corrected chi connectivity index (χ1v) is 7.61. The Hall–Kier alpha value is -2.28. The molecule has 4 nitrogen and oxygen atoms in total. The van der Waals surface area contributed by atoms with Gasteiger partial charge >= 0.3 is 6.18 Å². The first-order valence-electron chi connectivity index (χ1n) is 7.61. The molecule has 0 bridgehead atoms. The van der Waals surface area contributed by atoms with E-state index >= 15 is 0 Å². The fraction of sp³-hybridized carbons (Fsp3) is 0.353. The third-order valence-electron chi connectivity index (χ3n) is 4.20. The van der Waals surface area contributed by atoms with Crippen LogP contribution in [0.2, 0.25) is 0 Å². The number of fused-ring (bicyclic) bond motifs is 1. The molecule has 2 heterocycles. The zero-order chi connectivity index (χ0) is 17.3. The van der Waals surface area contributed by atoms with Crippen LogP contribution in [0.1, 0.15) is 24.1 Å². The van der Waals surface area contributed by atoms with Gasteiger partial charge in [0.1, 0.15) is 5.69 Å². The average molecular weight is 336 g/mol. The maximum atomic E-state index is 12.5. The highest BCUT2D eigenvalue weighted by Gasteiger charge is 2.32. The minimum absolute atomic E-state index is 0.0932. The SMILES string of the molecule is O=C1C=C2CCN[C@@H](CCc3ccc(C(F)(F)F)nc3)C2=CC1=O. The Morgan fingerprint density at radius 1 is 1.17 bits per heavy atom. The van der Waals surface area contributed by atoms with Crippen LogP contribution < -0.4 is 5.32 Å². The number of hydrogen-bond acceptors (Lipinski definition) is 4. The van der Waals surface area contributed by atoms with Gasteiger partial charge in [-0.2, -0.15) is 13.2 Å². The molecule has 0 spiro atoms. The summed E-state index contributed by atoms with van der Waals surface area (Å²) in [6.45, 7) is 0.695. The van der Waals surface area contributed by atoms with Crippen molar-refractivity contribution in [1.82, 2.24) is 10.3 Å². The van der Waals surface area contributed by atoms with Crippen LogP contribution in [0.5, 0.6) is 0 Å². The normalized spacial score (nSPS) is 21.2. The smallest absolute Gasteiger partial charge is 0.310 e. The lowest BCUT2D eigenvalue weighted by molar-refractivity contribution is -0.141. The zero-order valence-electron chi connectivity index (χ0n) is 12.7. The highest BCUT2D eigenvalue weighted by molar-refractivity contribution is 6.46. The number of carbonyl (C=O) groups is 2. The molecule has 1 fully saturated rings. The highest BCUT2D eigenvalue weighted by Crippen LogP contribution is 2.29. The van der Waals surface area contributed by atoms with Gasteiger partial charge in [0.05, 0.1) is 0 Å². The molecule has 1 N–H and O–H groups in total. The van der Waals surface area contributed by atoms with E-state index in [-0.39, 0.29) is 6.04 Å². The van der Waals surface area contributed by atoms with Crippen molar-refractivity contribution in [1.29, 1.82) is 0 Å². The average Bonchev–Trinajstić information content (AvgIpc) is 2.54. The highest BCUT2D eigenvalue weighted by atomic mass is 19.4. The van der Waals surface area contributed by atoms with E-state index in [1.807, 2.05) is 0 Å². The van der Waals surface area contributed by atoms with Gasteiger partial charge in [0.25, 0.3) is 0 Å². The number of halogens is 3. The molecule has 3 rings (SSSR count). The molecule has 0 unspecified atom stereocenters. The summed E-state index contributed by atoms with van der Waals surface area (Å²) in [5.41, 5.74) is 1.46. The van der Waals surface area contributed by atoms with Gasteiger partial charge in [0.2, 0.25) is 11.6 Å². The molecule has 24 heavy (non-hydrogen) atoms. The lowest BCUT2D eigenvalue weighted by Crippen LogP contribution is -2.39. The van der Waals surface area contributed by atoms with E-state index in [2.05, 4.69) is 10.3 Å². The second kappa shape index (κ2) is 6.32. The molecule has 1 saturated heterocycles. The predicted molar refractivity (Wildman–Crippen MR) is 80.1 cm³/mol. The summed E-state index contributed by atoms with van der Waals surface area (Å²) in [6.07, 6.45) is 1.37. The number of hydrogen-bond donors (Lipinski definition) is 1. The van der Waals surface area contributed by atoms with Gasteiger partial charge in [-0.15, -0.1) is 0 Å². The first kappa shape index (κ1) is 16.6. The van der Waals surface area contributed by atoms with Crippen molar-refractivity contribution in [2.45, 2.75) is 31.5 Å². The molecule has 0 radical (unpaired) electrons. The Morgan fingerprint density at radius 2 is 1.92 bits per heavy atom. The molecule has 1 atom stereocenters. The number of pyridine rings is 1. The van der Waals surface area contributed by atoms with E-state index < -0.39 is 23.4 Å². The fourth-order valence-electron chi connectivity index (χ4n) is 2.96. The first-order chi connectivity index (χ1) is 11.3. The summed E-state index contributed by atoms with van der Waals surface area (Å²) in [4.78, 5) is 26.5. The lowest BCUT2D eigenvalue weighted by Gasteiger charge is -2.30. The van der Waals surface area contributed by atoms with Gasteiger partial charge in [0.15, 0.2) is 0 Å². The molecule has 1 aliphatic carbocycles. The van der Waals surface area contributed by atoms with E-state index in [0.717, 1.165) is 17.2 Å². The van der Waals surface area contributed by atoms with Gasteiger partial charge in [-0.05, 0) is 60.7 Å². The van der Waals surface area contributed by atoms with Crippen molar-refractivity contribution in [3.05, 3.63) is 52.9 Å². The van der Waals surface area contributed by atoms with Crippen LogP contribution in [0.25, 0.3) is 0 Å². The van der Waals surface area contributed by atoms with Crippen LogP contribution in [0.4, 0.5) is 13.2 Å². The number of rotatable bonds is 3. The van der Waals surface area contributed by atoms with E-state index in [0.29, 0.717) is 31.4 Å². The maximum absolute atomic E-state index is 12.5. The van der Waals surface area contributed by atoms with E-state index in [1.165, 1.54) is 24.4 Å². The largest absolute Gasteiger partial charge is 0.433 e. The molecule has 0 aromatic carbocycles. The summed E-state index contributed by atoms with van der Waals surface area (Å²) in [7, 11) is 0. The van der Waals surface area contributed by atoms with Gasteiger partial charge < -0.3 is 5.32 Å². The summed E-state index contributed by atoms with van der Waals surface area (Å²) in [5, 5.41) is 3.29. The third-order valence-corrected chi connectivity index (χ3v) is 4.20. The Balaban J connectivity index is 1.68. The van der Waals surface area contributed by atoms with Crippen LogP contribution in [0, 0.1) is 0 Å². The summed E-state index contributed by atoms with van der Waals surface area (Å²) in [6, 6.07) is 2.29. The quantitative estimate of drug-likeness (QED) is 0.680. The molecule has 1 aromatic rings. The van der Waals surface area contributed by atoms with Crippen molar-refractivity contribution < 1.29 is 22.8 Å². The molecule has 7 heteroatoms. The van der Waals surface area contributed by atoms with E-state index in [4.69, 9.17) is 0 Å². The monoisotopic (exact) mass is 336 g/mol. The number of carbonyl (C=O) groups excluding carboxylic acids is 2. The molecule has 1 aliphatic heterocycles. The molecule has 0 amide bonds. The molecular formula is C17H15F3N2O2. The molecular weight excluding hydrogens is 321 g/mol. The zero-order valence-corrected chi connectivity index (χ0v) is 12.7. The minimum Gasteiger partial charge on any atom is -0.310 e. The predicted octanol–water partition coefficient (Wildman–Crippen LogP) is 2.40. The van der Waals surface area contributed by atoms with Crippen LogP contribution in [-0.4, -0.2) is 29.1 Å². The van der Waals surface area contributed by atoms with Crippen molar-refractivity contribution in [3.63, 3.8) is 0 Å². The van der Waals surface area contributed by atoms with E-state index in [9.17, 15) is 22.8 Å². The molecule has 2 aliphatic rings. The Morgan fingerprint density at radius 3 is 2.58 bits per heavy atom. The number of piperidine rings is 1. The van der Waals surface area contributed by atoms with Crippen LogP contribution in [0.3, 0.4) is 0 Å². The van der Waals surface area contributed by atoms with Crippen molar-refractivity contribution in [3.8, 4) is 0 Å². The number of allylic oxidation sites excluding steroid dienone is 2. The Kier molecular flexibility index (Phi) is 4.36. The summed E-state index contributed by atoms with van der Waals surface area (Å²) in [5.74, 6) is -1.03. The minimum atomic E-state index is -4.44. The standard InChI is InChI=1S/C17H15F3N2O2/c18-17(19,20)16-4-2-10(9-22-16)1-3-13-12-8-15(24)14(23)7-11(12)5-6-21-13/h2,4,7-9,13,21H,1,3,5-6H2/t13-/m0/s1. The van der Waals surface area contributed by atoms with Gasteiger partial charge in [-0.25, -0.2) is 0 Å². The summed E-state index contributed by atoms with van der Waals surface area (Å²) >= 11 is 0. The number of ketones is 2. The number of nitrogens with one attached hydrogen (secondary N) is 1. The van der Waals surface area contributed by atoms with Crippen molar-refractivity contribution >= 4 is 11.6 Å². The van der Waals surface area contributed by atoms with Gasteiger partial charge in [-0.1, -0.05) is 6.07 Å². The summed E-state index contributed by atoms with van der Waals surface area (Å²) < 4.78 is 37.5. The molecule has 1 aromatic heterocycles. The van der Waals surface area contributed by atoms with Crippen LogP contribution in [-0.2, 0) is 22.2 Å². The fourth-order valence-corrected chi connectivity index (χ4v) is 2.96. The van der Waals surface area contributed by atoms with Gasteiger partial charge in [-0.3, -0.25) is 14.6 Å². The van der Waals surface area contributed by atoms with Crippen LogP contribution in [0.15, 0.2) is 41.6 Å². The number of alkyl halides is 3. The Bertz CT molecular complexity index is 733. The topological polar surface area (TPSA) is 59.1 Å². The van der Waals surface area contributed by atoms with Crippen LogP contribution >= 0.6 is 0 Å². The Labute approximate surface area is 136 Å². The number of nitrogens with zero attached hydrogens (tertiary/aromatic N) is 1. The van der Waals surface area contributed by atoms with Crippen molar-refractivity contribution in [2.24, 2.45) is 0 Å². The lowest BCUT2D eigenvalue weighted by atomic mass is 9.84. The van der Waals surface area contributed by atoms with Crippen molar-refractivity contribution in [2.75, 3.05) is 6.54 Å². The molecule has 126 valence electrons. The second-order valence-corrected chi connectivity index (χ2v) is 5.84.